The van der Waals surface area contributed by atoms with Crippen LogP contribution in [0.1, 0.15) is 40.9 Å². The summed E-state index contributed by atoms with van der Waals surface area (Å²) >= 11 is 7.89. The van der Waals surface area contributed by atoms with E-state index in [9.17, 15) is 9.18 Å². The molecule has 8 heteroatoms. The summed E-state index contributed by atoms with van der Waals surface area (Å²) in [6, 6.07) is 15.2. The number of aromatic nitrogens is 1. The molecule has 192 valence electrons. The summed E-state index contributed by atoms with van der Waals surface area (Å²) in [7, 11) is 3.62. The minimum atomic E-state index is -0.411. The number of fused-ring (bicyclic) bond motifs is 1. The van der Waals surface area contributed by atoms with Gasteiger partial charge in [0.15, 0.2) is 0 Å². The number of benzene rings is 2. The molecular formula is C29H29ClFN3O2S. The van der Waals surface area contributed by atoms with E-state index in [1.54, 1.807) is 31.6 Å². The summed E-state index contributed by atoms with van der Waals surface area (Å²) in [5.41, 5.74) is 2.96. The summed E-state index contributed by atoms with van der Waals surface area (Å²) < 4.78 is 21.0. The average molecular weight is 538 g/mol. The number of thiophene rings is 1. The van der Waals surface area contributed by atoms with Gasteiger partial charge in [-0.15, -0.1) is 11.3 Å². The van der Waals surface area contributed by atoms with Crippen molar-refractivity contribution in [2.75, 3.05) is 14.2 Å². The van der Waals surface area contributed by atoms with Crippen molar-refractivity contribution in [1.29, 1.82) is 0 Å². The third-order valence-corrected chi connectivity index (χ3v) is 8.87. The van der Waals surface area contributed by atoms with Crippen molar-refractivity contribution >= 4 is 38.9 Å². The molecule has 2 aromatic carbocycles. The first-order valence-corrected chi connectivity index (χ1v) is 13.6. The standard InChI is InChI=1S/C29H29ClFN3O2S/c1-32-21-7-9-22(10-8-21)34(29(35)28-27(30)26-23(31)4-3-5-25(26)37-28)17-20-16-19(6-11-24(20)36-2)18-12-14-33-15-13-18/h3-6,11-16,21-22,32H,7-10,17H2,1-2H3/t21-,22-. The average Bonchev–Trinajstić information content (AvgIpc) is 3.29. The first kappa shape index (κ1) is 25.6. The maximum atomic E-state index is 14.6. The highest BCUT2D eigenvalue weighted by molar-refractivity contribution is 7.21. The molecule has 5 nitrogen and oxygen atoms in total. The Kier molecular flexibility index (Phi) is 7.74. The van der Waals surface area contributed by atoms with E-state index < -0.39 is 5.82 Å². The largest absolute Gasteiger partial charge is 0.496 e. The summed E-state index contributed by atoms with van der Waals surface area (Å²) in [5.74, 6) is 0.133. The highest BCUT2D eigenvalue weighted by atomic mass is 35.5. The van der Waals surface area contributed by atoms with Crippen LogP contribution in [-0.4, -0.2) is 42.0 Å². The Morgan fingerprint density at radius 2 is 1.89 bits per heavy atom. The van der Waals surface area contributed by atoms with Gasteiger partial charge in [-0.2, -0.15) is 0 Å². The molecule has 37 heavy (non-hydrogen) atoms. The predicted molar refractivity (Wildman–Crippen MR) is 148 cm³/mol. The van der Waals surface area contributed by atoms with Crippen LogP contribution >= 0.6 is 22.9 Å². The Morgan fingerprint density at radius 3 is 2.57 bits per heavy atom. The Balaban J connectivity index is 1.54. The number of ether oxygens (including phenoxy) is 1. The molecule has 1 saturated carbocycles. The van der Waals surface area contributed by atoms with Crippen LogP contribution in [0.5, 0.6) is 5.75 Å². The Labute approximate surface area is 225 Å². The molecule has 1 aliphatic rings. The fourth-order valence-corrected chi connectivity index (χ4v) is 6.70. The van der Waals surface area contributed by atoms with Crippen LogP contribution in [0, 0.1) is 5.82 Å². The van der Waals surface area contributed by atoms with Crippen molar-refractivity contribution in [3.8, 4) is 16.9 Å². The third-order valence-electron chi connectivity index (χ3n) is 7.24. The molecule has 1 N–H and O–H groups in total. The van der Waals surface area contributed by atoms with Crippen molar-refractivity contribution in [3.63, 3.8) is 0 Å². The van der Waals surface area contributed by atoms with E-state index in [0.717, 1.165) is 42.4 Å². The van der Waals surface area contributed by atoms with Crippen molar-refractivity contribution in [3.05, 3.63) is 82.2 Å². The maximum Gasteiger partial charge on any atom is 0.266 e. The van der Waals surface area contributed by atoms with Crippen LogP contribution in [-0.2, 0) is 6.54 Å². The lowest BCUT2D eigenvalue weighted by molar-refractivity contribution is 0.0604. The molecule has 0 bridgehead atoms. The Bertz CT molecular complexity index is 1400. The van der Waals surface area contributed by atoms with Gasteiger partial charge in [-0.3, -0.25) is 9.78 Å². The van der Waals surface area contributed by atoms with Crippen molar-refractivity contribution in [1.82, 2.24) is 15.2 Å². The highest BCUT2D eigenvalue weighted by Gasteiger charge is 2.32. The van der Waals surface area contributed by atoms with Gasteiger partial charge in [0.25, 0.3) is 5.91 Å². The second-order valence-electron chi connectivity index (χ2n) is 9.35. The number of pyridine rings is 1. The lowest BCUT2D eigenvalue weighted by Crippen LogP contribution is -2.44. The van der Waals surface area contributed by atoms with Crippen LogP contribution in [0.15, 0.2) is 60.9 Å². The minimum absolute atomic E-state index is 0.0394. The van der Waals surface area contributed by atoms with Gasteiger partial charge in [-0.1, -0.05) is 23.7 Å². The lowest BCUT2D eigenvalue weighted by atomic mass is 9.89. The first-order chi connectivity index (χ1) is 18.0. The number of hydrogen-bond acceptors (Lipinski definition) is 5. The second-order valence-corrected chi connectivity index (χ2v) is 10.8. The fourth-order valence-electron chi connectivity index (χ4n) is 5.19. The number of rotatable bonds is 7. The van der Waals surface area contributed by atoms with E-state index in [0.29, 0.717) is 33.3 Å². The molecule has 5 rings (SSSR count). The van der Waals surface area contributed by atoms with Crippen LogP contribution in [0.4, 0.5) is 4.39 Å². The van der Waals surface area contributed by atoms with Crippen LogP contribution < -0.4 is 10.1 Å². The molecule has 0 atom stereocenters. The lowest BCUT2D eigenvalue weighted by Gasteiger charge is -2.37. The van der Waals surface area contributed by atoms with Crippen molar-refractivity contribution < 1.29 is 13.9 Å². The molecule has 1 amide bonds. The minimum Gasteiger partial charge on any atom is -0.496 e. The molecular weight excluding hydrogens is 509 g/mol. The number of halogens is 2. The Morgan fingerprint density at radius 1 is 1.14 bits per heavy atom. The number of methoxy groups -OCH3 is 1. The molecule has 2 aromatic heterocycles. The molecule has 0 unspecified atom stereocenters. The van der Waals surface area contributed by atoms with Gasteiger partial charge in [-0.25, -0.2) is 4.39 Å². The monoisotopic (exact) mass is 537 g/mol. The van der Waals surface area contributed by atoms with E-state index >= 15 is 0 Å². The first-order valence-electron chi connectivity index (χ1n) is 12.4. The zero-order valence-electron chi connectivity index (χ0n) is 20.8. The van der Waals surface area contributed by atoms with Gasteiger partial charge in [0.1, 0.15) is 16.4 Å². The highest BCUT2D eigenvalue weighted by Crippen LogP contribution is 2.39. The van der Waals surface area contributed by atoms with Crippen molar-refractivity contribution in [2.45, 2.75) is 44.3 Å². The van der Waals surface area contributed by atoms with Gasteiger partial charge in [0, 0.05) is 46.7 Å². The summed E-state index contributed by atoms with van der Waals surface area (Å²) in [4.78, 5) is 20.5. The van der Waals surface area contributed by atoms with Gasteiger partial charge >= 0.3 is 0 Å². The Hall–Kier alpha value is -3.00. The summed E-state index contributed by atoms with van der Waals surface area (Å²) in [6.45, 7) is 0.364. The fraction of sp³-hybridized carbons (Fsp3) is 0.310. The van der Waals surface area contributed by atoms with Crippen LogP contribution in [0.25, 0.3) is 21.2 Å². The number of nitrogens with zero attached hydrogens (tertiary/aromatic N) is 2. The van der Waals surface area contributed by atoms with E-state index in [2.05, 4.69) is 16.4 Å². The van der Waals surface area contributed by atoms with Gasteiger partial charge in [0.05, 0.1) is 12.1 Å². The molecule has 1 aliphatic carbocycles. The second kappa shape index (κ2) is 11.2. The molecule has 2 heterocycles. The molecule has 0 radical (unpaired) electrons. The van der Waals surface area contributed by atoms with Crippen LogP contribution in [0.3, 0.4) is 0 Å². The number of carbonyl (C=O) groups excluding carboxylic acids is 1. The predicted octanol–water partition coefficient (Wildman–Crippen LogP) is 6.94. The molecule has 1 fully saturated rings. The van der Waals surface area contributed by atoms with Gasteiger partial charge < -0.3 is 15.0 Å². The normalized spacial score (nSPS) is 17.6. The number of hydrogen-bond donors (Lipinski definition) is 1. The molecule has 0 saturated heterocycles. The quantitative estimate of drug-likeness (QED) is 0.277. The van der Waals surface area contributed by atoms with Crippen LogP contribution in [0.2, 0.25) is 5.02 Å². The zero-order valence-corrected chi connectivity index (χ0v) is 22.4. The maximum absolute atomic E-state index is 14.6. The SMILES string of the molecule is CN[C@H]1CC[C@H](N(Cc2cc(-c3ccncc3)ccc2OC)C(=O)c2sc3cccc(F)c3c2Cl)CC1. The number of carbonyl (C=O) groups is 1. The van der Waals surface area contributed by atoms with Gasteiger partial charge in [0.2, 0.25) is 0 Å². The molecule has 4 aromatic rings. The summed E-state index contributed by atoms with van der Waals surface area (Å²) in [5, 5.41) is 3.86. The van der Waals surface area contributed by atoms with Crippen molar-refractivity contribution in [2.24, 2.45) is 0 Å². The topological polar surface area (TPSA) is 54.5 Å². The molecule has 0 spiro atoms. The number of nitrogens with one attached hydrogen (secondary N) is 1. The summed E-state index contributed by atoms with van der Waals surface area (Å²) in [6.07, 6.45) is 7.23. The third kappa shape index (κ3) is 5.21. The zero-order chi connectivity index (χ0) is 25.9. The smallest absolute Gasteiger partial charge is 0.266 e. The van der Waals surface area contributed by atoms with Gasteiger partial charge in [-0.05, 0) is 80.3 Å². The van der Waals surface area contributed by atoms with E-state index in [4.69, 9.17) is 16.3 Å². The molecule has 0 aliphatic heterocycles. The number of amides is 1. The van der Waals surface area contributed by atoms with E-state index in [-0.39, 0.29) is 17.0 Å². The van der Waals surface area contributed by atoms with E-state index in [1.165, 1.54) is 17.4 Å². The van der Waals surface area contributed by atoms with E-state index in [1.807, 2.05) is 36.2 Å².